The zero-order chi connectivity index (χ0) is 14.4. The molecule has 1 aliphatic rings. The van der Waals surface area contributed by atoms with Crippen molar-refractivity contribution in [1.82, 2.24) is 10.3 Å². The van der Waals surface area contributed by atoms with Crippen molar-refractivity contribution in [2.24, 2.45) is 11.7 Å². The standard InChI is InChI=1S/C15H24N4O/c1-2-7-17-11-13-4-3-8-18-15(13)19-9-5-12(6-10-19)14(16)20/h3-4,8,12,17H,2,5-7,9-11H2,1H3,(H2,16,20). The zero-order valence-electron chi connectivity index (χ0n) is 12.1. The summed E-state index contributed by atoms with van der Waals surface area (Å²) in [5, 5.41) is 3.42. The molecule has 3 N–H and O–H groups in total. The highest BCUT2D eigenvalue weighted by molar-refractivity contribution is 5.77. The summed E-state index contributed by atoms with van der Waals surface area (Å²) in [7, 11) is 0. The molecular weight excluding hydrogens is 252 g/mol. The van der Waals surface area contributed by atoms with Crippen molar-refractivity contribution in [3.63, 3.8) is 0 Å². The number of hydrogen-bond acceptors (Lipinski definition) is 4. The molecule has 1 amide bonds. The molecule has 0 aliphatic carbocycles. The first-order chi connectivity index (χ1) is 9.72. The van der Waals surface area contributed by atoms with Gasteiger partial charge < -0.3 is 16.0 Å². The average molecular weight is 276 g/mol. The molecule has 0 saturated carbocycles. The van der Waals surface area contributed by atoms with Crippen molar-refractivity contribution in [2.75, 3.05) is 24.5 Å². The van der Waals surface area contributed by atoms with Crippen LogP contribution in [0, 0.1) is 5.92 Å². The van der Waals surface area contributed by atoms with Crippen molar-refractivity contribution in [3.05, 3.63) is 23.9 Å². The van der Waals surface area contributed by atoms with E-state index in [0.29, 0.717) is 0 Å². The molecule has 1 aromatic heterocycles. The van der Waals surface area contributed by atoms with Crippen molar-refractivity contribution >= 4 is 11.7 Å². The summed E-state index contributed by atoms with van der Waals surface area (Å²) in [6.07, 6.45) is 4.61. The Morgan fingerprint density at radius 2 is 2.25 bits per heavy atom. The number of pyridine rings is 1. The van der Waals surface area contributed by atoms with Crippen LogP contribution < -0.4 is 16.0 Å². The highest BCUT2D eigenvalue weighted by Crippen LogP contribution is 2.24. The smallest absolute Gasteiger partial charge is 0.220 e. The van der Waals surface area contributed by atoms with Crippen LogP contribution in [0.2, 0.25) is 0 Å². The molecule has 5 heteroatoms. The SMILES string of the molecule is CCCNCc1cccnc1N1CCC(C(N)=O)CC1. The number of nitrogens with one attached hydrogen (secondary N) is 1. The molecule has 1 aliphatic heterocycles. The van der Waals surface area contributed by atoms with Crippen molar-refractivity contribution in [1.29, 1.82) is 0 Å². The number of piperidine rings is 1. The highest BCUT2D eigenvalue weighted by atomic mass is 16.1. The molecular formula is C15H24N4O. The van der Waals surface area contributed by atoms with Crippen LogP contribution in [0.25, 0.3) is 0 Å². The second kappa shape index (κ2) is 7.24. The number of primary amides is 1. The minimum absolute atomic E-state index is 0.0247. The Balaban J connectivity index is 2.00. The van der Waals surface area contributed by atoms with Crippen LogP contribution in [-0.4, -0.2) is 30.5 Å². The van der Waals surface area contributed by atoms with E-state index in [1.807, 2.05) is 12.3 Å². The number of amides is 1. The van der Waals surface area contributed by atoms with Crippen LogP contribution in [0.4, 0.5) is 5.82 Å². The summed E-state index contributed by atoms with van der Waals surface area (Å²) in [4.78, 5) is 18.0. The van der Waals surface area contributed by atoms with Gasteiger partial charge in [-0.15, -0.1) is 0 Å². The third kappa shape index (κ3) is 3.70. The van der Waals surface area contributed by atoms with Crippen LogP contribution in [0.1, 0.15) is 31.7 Å². The zero-order valence-corrected chi connectivity index (χ0v) is 12.1. The third-order valence-corrected chi connectivity index (χ3v) is 3.81. The molecule has 0 bridgehead atoms. The van der Waals surface area contributed by atoms with E-state index in [4.69, 9.17) is 5.73 Å². The van der Waals surface area contributed by atoms with Gasteiger partial charge in [-0.3, -0.25) is 4.79 Å². The first kappa shape index (κ1) is 14.8. The molecule has 110 valence electrons. The molecule has 0 spiro atoms. The van der Waals surface area contributed by atoms with Gasteiger partial charge in [0.25, 0.3) is 0 Å². The Hall–Kier alpha value is -1.62. The molecule has 0 unspecified atom stereocenters. The van der Waals surface area contributed by atoms with Crippen LogP contribution in [-0.2, 0) is 11.3 Å². The lowest BCUT2D eigenvalue weighted by Crippen LogP contribution is -2.39. The Labute approximate surface area is 120 Å². The maximum absolute atomic E-state index is 11.2. The molecule has 1 fully saturated rings. The van der Waals surface area contributed by atoms with E-state index in [9.17, 15) is 4.79 Å². The number of carbonyl (C=O) groups excluding carboxylic acids is 1. The molecule has 5 nitrogen and oxygen atoms in total. The number of aromatic nitrogens is 1. The topological polar surface area (TPSA) is 71.2 Å². The van der Waals surface area contributed by atoms with Gasteiger partial charge in [0.15, 0.2) is 0 Å². The first-order valence-electron chi connectivity index (χ1n) is 7.41. The van der Waals surface area contributed by atoms with Crippen LogP contribution in [0.3, 0.4) is 0 Å². The van der Waals surface area contributed by atoms with E-state index >= 15 is 0 Å². The highest BCUT2D eigenvalue weighted by Gasteiger charge is 2.24. The van der Waals surface area contributed by atoms with Crippen molar-refractivity contribution in [2.45, 2.75) is 32.7 Å². The molecule has 2 rings (SSSR count). The fraction of sp³-hybridized carbons (Fsp3) is 0.600. The predicted molar refractivity (Wildman–Crippen MR) is 80.4 cm³/mol. The molecule has 20 heavy (non-hydrogen) atoms. The lowest BCUT2D eigenvalue weighted by molar-refractivity contribution is -0.122. The second-order valence-electron chi connectivity index (χ2n) is 5.33. The molecule has 0 aromatic carbocycles. The largest absolute Gasteiger partial charge is 0.369 e. The second-order valence-corrected chi connectivity index (χ2v) is 5.33. The van der Waals surface area contributed by atoms with E-state index < -0.39 is 0 Å². The number of rotatable bonds is 6. The summed E-state index contributed by atoms with van der Waals surface area (Å²) in [5.74, 6) is 0.895. The maximum Gasteiger partial charge on any atom is 0.220 e. The average Bonchev–Trinajstić information content (AvgIpc) is 2.48. The summed E-state index contributed by atoms with van der Waals surface area (Å²) in [6, 6.07) is 4.09. The van der Waals surface area contributed by atoms with Gasteiger partial charge in [-0.1, -0.05) is 13.0 Å². The van der Waals surface area contributed by atoms with Crippen molar-refractivity contribution in [3.8, 4) is 0 Å². The van der Waals surface area contributed by atoms with E-state index in [0.717, 1.165) is 51.3 Å². The van der Waals surface area contributed by atoms with Gasteiger partial charge >= 0.3 is 0 Å². The van der Waals surface area contributed by atoms with Gasteiger partial charge in [-0.2, -0.15) is 0 Å². The number of carbonyl (C=O) groups is 1. The Morgan fingerprint density at radius 1 is 1.50 bits per heavy atom. The summed E-state index contributed by atoms with van der Waals surface area (Å²) in [6.45, 7) is 5.72. The summed E-state index contributed by atoms with van der Waals surface area (Å²) < 4.78 is 0. The van der Waals surface area contributed by atoms with Gasteiger partial charge in [0.2, 0.25) is 5.91 Å². The minimum atomic E-state index is -0.171. The number of hydrogen-bond donors (Lipinski definition) is 2. The molecule has 1 aromatic rings. The number of nitrogens with zero attached hydrogens (tertiary/aromatic N) is 2. The Kier molecular flexibility index (Phi) is 5.35. The third-order valence-electron chi connectivity index (χ3n) is 3.81. The van der Waals surface area contributed by atoms with Crippen molar-refractivity contribution < 1.29 is 4.79 Å². The van der Waals surface area contributed by atoms with Crippen LogP contribution >= 0.6 is 0 Å². The number of anilines is 1. The quantitative estimate of drug-likeness (QED) is 0.768. The van der Waals surface area contributed by atoms with E-state index in [-0.39, 0.29) is 11.8 Å². The molecule has 1 saturated heterocycles. The first-order valence-corrected chi connectivity index (χ1v) is 7.41. The molecule has 2 heterocycles. The minimum Gasteiger partial charge on any atom is -0.369 e. The van der Waals surface area contributed by atoms with Gasteiger partial charge in [0.1, 0.15) is 5.82 Å². The predicted octanol–water partition coefficient (Wildman–Crippen LogP) is 1.28. The van der Waals surface area contributed by atoms with Crippen LogP contribution in [0.15, 0.2) is 18.3 Å². The lowest BCUT2D eigenvalue weighted by Gasteiger charge is -2.32. The van der Waals surface area contributed by atoms with E-state index in [1.54, 1.807) is 0 Å². The van der Waals surface area contributed by atoms with E-state index in [1.165, 1.54) is 5.56 Å². The van der Waals surface area contributed by atoms with Gasteiger partial charge in [-0.05, 0) is 31.9 Å². The Bertz CT molecular complexity index is 441. The fourth-order valence-corrected chi connectivity index (χ4v) is 2.63. The monoisotopic (exact) mass is 276 g/mol. The number of nitrogens with two attached hydrogens (primary N) is 1. The lowest BCUT2D eigenvalue weighted by atomic mass is 9.96. The fourth-order valence-electron chi connectivity index (χ4n) is 2.63. The maximum atomic E-state index is 11.2. The summed E-state index contributed by atoms with van der Waals surface area (Å²) >= 11 is 0. The van der Waals surface area contributed by atoms with Gasteiger partial charge in [-0.25, -0.2) is 4.98 Å². The van der Waals surface area contributed by atoms with E-state index in [2.05, 4.69) is 28.2 Å². The summed E-state index contributed by atoms with van der Waals surface area (Å²) in [5.41, 5.74) is 6.60. The Morgan fingerprint density at radius 3 is 2.90 bits per heavy atom. The normalized spacial score (nSPS) is 16.4. The molecule has 0 atom stereocenters. The van der Waals surface area contributed by atoms with Crippen LogP contribution in [0.5, 0.6) is 0 Å². The molecule has 0 radical (unpaired) electrons. The van der Waals surface area contributed by atoms with Gasteiger partial charge in [0, 0.05) is 37.3 Å². The van der Waals surface area contributed by atoms with Gasteiger partial charge in [0.05, 0.1) is 0 Å².